The van der Waals surface area contributed by atoms with Crippen LogP contribution < -0.4 is 4.90 Å². The Labute approximate surface area is 96.2 Å². The van der Waals surface area contributed by atoms with E-state index in [0.717, 1.165) is 11.4 Å². The van der Waals surface area contributed by atoms with Gasteiger partial charge in [-0.25, -0.2) is 4.98 Å². The SMILES string of the molecule is CC(O)c1ccnc(N(C)C(C)CC#N)c1. The molecule has 4 heteroatoms. The first-order valence-electron chi connectivity index (χ1n) is 5.30. The molecule has 0 radical (unpaired) electrons. The van der Waals surface area contributed by atoms with E-state index in [-0.39, 0.29) is 6.04 Å². The lowest BCUT2D eigenvalue weighted by Gasteiger charge is -2.24. The Morgan fingerprint density at radius 1 is 1.56 bits per heavy atom. The number of hydrogen-bond donors (Lipinski definition) is 1. The maximum atomic E-state index is 9.47. The van der Waals surface area contributed by atoms with Gasteiger partial charge < -0.3 is 10.0 Å². The van der Waals surface area contributed by atoms with Crippen LogP contribution >= 0.6 is 0 Å². The zero-order valence-corrected chi connectivity index (χ0v) is 9.88. The number of aromatic nitrogens is 1. The highest BCUT2D eigenvalue weighted by molar-refractivity contribution is 5.41. The van der Waals surface area contributed by atoms with E-state index >= 15 is 0 Å². The Bertz CT molecular complexity index is 384. The van der Waals surface area contributed by atoms with Gasteiger partial charge in [-0.3, -0.25) is 0 Å². The monoisotopic (exact) mass is 219 g/mol. The van der Waals surface area contributed by atoms with Gasteiger partial charge in [0.05, 0.1) is 18.6 Å². The molecule has 1 aromatic heterocycles. The Morgan fingerprint density at radius 3 is 2.81 bits per heavy atom. The second-order valence-electron chi connectivity index (χ2n) is 3.95. The summed E-state index contributed by atoms with van der Waals surface area (Å²) in [5.74, 6) is 0.779. The van der Waals surface area contributed by atoms with Crippen molar-refractivity contribution < 1.29 is 5.11 Å². The molecule has 0 saturated heterocycles. The second-order valence-corrected chi connectivity index (χ2v) is 3.95. The number of rotatable bonds is 4. The van der Waals surface area contributed by atoms with Crippen molar-refractivity contribution in [1.82, 2.24) is 4.98 Å². The lowest BCUT2D eigenvalue weighted by Crippen LogP contribution is -2.29. The molecule has 0 saturated carbocycles. The maximum absolute atomic E-state index is 9.47. The molecular weight excluding hydrogens is 202 g/mol. The van der Waals surface area contributed by atoms with Crippen molar-refractivity contribution in [3.8, 4) is 6.07 Å². The van der Waals surface area contributed by atoms with Crippen molar-refractivity contribution in [3.63, 3.8) is 0 Å². The predicted molar refractivity (Wildman–Crippen MR) is 63.0 cm³/mol. The summed E-state index contributed by atoms with van der Waals surface area (Å²) in [4.78, 5) is 6.17. The number of pyridine rings is 1. The first kappa shape index (κ1) is 12.5. The van der Waals surface area contributed by atoms with Crippen LogP contribution in [0.15, 0.2) is 18.3 Å². The number of aliphatic hydroxyl groups excluding tert-OH is 1. The number of anilines is 1. The van der Waals surface area contributed by atoms with Crippen LogP contribution in [0, 0.1) is 11.3 Å². The molecule has 0 aliphatic rings. The van der Waals surface area contributed by atoms with Gasteiger partial charge in [-0.15, -0.1) is 0 Å². The Hall–Kier alpha value is -1.60. The van der Waals surface area contributed by atoms with E-state index in [1.807, 2.05) is 24.9 Å². The summed E-state index contributed by atoms with van der Waals surface area (Å²) in [6.45, 7) is 3.69. The smallest absolute Gasteiger partial charge is 0.128 e. The highest BCUT2D eigenvalue weighted by Gasteiger charge is 2.12. The topological polar surface area (TPSA) is 60.2 Å². The lowest BCUT2D eigenvalue weighted by atomic mass is 10.1. The summed E-state index contributed by atoms with van der Waals surface area (Å²) in [7, 11) is 1.90. The molecule has 16 heavy (non-hydrogen) atoms. The Kier molecular flexibility index (Phi) is 4.27. The molecule has 2 unspecified atom stereocenters. The van der Waals surface area contributed by atoms with Crippen LogP contribution in [0.3, 0.4) is 0 Å². The summed E-state index contributed by atoms with van der Waals surface area (Å²) in [5.41, 5.74) is 0.834. The number of nitrogens with zero attached hydrogens (tertiary/aromatic N) is 3. The quantitative estimate of drug-likeness (QED) is 0.839. The van der Waals surface area contributed by atoms with Crippen molar-refractivity contribution in [3.05, 3.63) is 23.9 Å². The first-order valence-corrected chi connectivity index (χ1v) is 5.30. The summed E-state index contributed by atoms with van der Waals surface area (Å²) in [5, 5.41) is 18.1. The molecule has 0 aliphatic carbocycles. The Balaban J connectivity index is 2.87. The molecule has 0 amide bonds. The molecule has 1 heterocycles. The number of hydrogen-bond acceptors (Lipinski definition) is 4. The zero-order chi connectivity index (χ0) is 12.1. The van der Waals surface area contributed by atoms with Crippen LogP contribution in [0.2, 0.25) is 0 Å². The fraction of sp³-hybridized carbons (Fsp3) is 0.500. The molecular formula is C12H17N3O. The third kappa shape index (κ3) is 2.94. The van der Waals surface area contributed by atoms with Crippen molar-refractivity contribution in [2.75, 3.05) is 11.9 Å². The largest absolute Gasteiger partial charge is 0.389 e. The third-order valence-electron chi connectivity index (χ3n) is 2.66. The molecule has 86 valence electrons. The van der Waals surface area contributed by atoms with E-state index in [1.54, 1.807) is 19.2 Å². The number of aliphatic hydroxyl groups is 1. The van der Waals surface area contributed by atoms with Gasteiger partial charge in [0.1, 0.15) is 5.82 Å². The minimum absolute atomic E-state index is 0.113. The molecule has 0 aromatic carbocycles. The van der Waals surface area contributed by atoms with Gasteiger partial charge in [0, 0.05) is 19.3 Å². The van der Waals surface area contributed by atoms with Gasteiger partial charge in [0.25, 0.3) is 0 Å². The third-order valence-corrected chi connectivity index (χ3v) is 2.66. The first-order chi connectivity index (χ1) is 7.56. The van der Waals surface area contributed by atoms with Gasteiger partial charge in [-0.1, -0.05) is 0 Å². The lowest BCUT2D eigenvalue weighted by molar-refractivity contribution is 0.199. The van der Waals surface area contributed by atoms with Crippen LogP contribution in [0.1, 0.15) is 31.9 Å². The van der Waals surface area contributed by atoms with Gasteiger partial charge >= 0.3 is 0 Å². The molecule has 1 rings (SSSR count). The van der Waals surface area contributed by atoms with Crippen molar-refractivity contribution in [2.45, 2.75) is 32.4 Å². The van der Waals surface area contributed by atoms with Crippen LogP contribution in [0.5, 0.6) is 0 Å². The normalized spacial score (nSPS) is 13.9. The zero-order valence-electron chi connectivity index (χ0n) is 9.88. The highest BCUT2D eigenvalue weighted by atomic mass is 16.3. The minimum Gasteiger partial charge on any atom is -0.389 e. The minimum atomic E-state index is -0.499. The second kappa shape index (κ2) is 5.47. The summed E-state index contributed by atoms with van der Waals surface area (Å²) < 4.78 is 0. The molecule has 0 bridgehead atoms. The molecule has 2 atom stereocenters. The molecule has 1 N–H and O–H groups in total. The molecule has 0 aliphatic heterocycles. The summed E-state index contributed by atoms with van der Waals surface area (Å²) in [6.07, 6.45) is 1.63. The van der Waals surface area contributed by atoms with Crippen molar-refractivity contribution >= 4 is 5.82 Å². The standard InChI is InChI=1S/C12H17N3O/c1-9(4-6-13)15(3)12-8-11(10(2)16)5-7-14-12/h5,7-10,16H,4H2,1-3H3. The average molecular weight is 219 g/mol. The van der Waals surface area contributed by atoms with Gasteiger partial charge in [-0.05, 0) is 31.5 Å². The average Bonchev–Trinajstić information content (AvgIpc) is 2.28. The van der Waals surface area contributed by atoms with E-state index in [1.165, 1.54) is 0 Å². The summed E-state index contributed by atoms with van der Waals surface area (Å²) in [6, 6.07) is 5.88. The van der Waals surface area contributed by atoms with Gasteiger partial charge in [0.15, 0.2) is 0 Å². The van der Waals surface area contributed by atoms with E-state index in [0.29, 0.717) is 6.42 Å². The van der Waals surface area contributed by atoms with Crippen molar-refractivity contribution in [1.29, 1.82) is 5.26 Å². The van der Waals surface area contributed by atoms with Crippen molar-refractivity contribution in [2.24, 2.45) is 0 Å². The van der Waals surface area contributed by atoms with E-state index in [4.69, 9.17) is 5.26 Å². The summed E-state index contributed by atoms with van der Waals surface area (Å²) >= 11 is 0. The van der Waals surface area contributed by atoms with E-state index in [9.17, 15) is 5.11 Å². The van der Waals surface area contributed by atoms with Crippen LogP contribution in [-0.4, -0.2) is 23.2 Å². The molecule has 0 fully saturated rings. The maximum Gasteiger partial charge on any atom is 0.128 e. The highest BCUT2D eigenvalue weighted by Crippen LogP contribution is 2.19. The van der Waals surface area contributed by atoms with Crippen LogP contribution in [0.4, 0.5) is 5.82 Å². The number of nitriles is 1. The molecule has 0 spiro atoms. The molecule has 1 aromatic rings. The van der Waals surface area contributed by atoms with E-state index < -0.39 is 6.10 Å². The Morgan fingerprint density at radius 2 is 2.25 bits per heavy atom. The van der Waals surface area contributed by atoms with Crippen LogP contribution in [0.25, 0.3) is 0 Å². The molecule has 4 nitrogen and oxygen atoms in total. The van der Waals surface area contributed by atoms with Crippen LogP contribution in [-0.2, 0) is 0 Å². The van der Waals surface area contributed by atoms with E-state index in [2.05, 4.69) is 11.1 Å². The predicted octanol–water partition coefficient (Wildman–Crippen LogP) is 1.87. The van der Waals surface area contributed by atoms with Gasteiger partial charge in [0.2, 0.25) is 0 Å². The van der Waals surface area contributed by atoms with Gasteiger partial charge in [-0.2, -0.15) is 5.26 Å². The fourth-order valence-corrected chi connectivity index (χ4v) is 1.38. The fourth-order valence-electron chi connectivity index (χ4n) is 1.38.